The number of carbonyl (C=O) groups excluding carboxylic acids is 1. The highest BCUT2D eigenvalue weighted by molar-refractivity contribution is 5.90. The van der Waals surface area contributed by atoms with Gasteiger partial charge in [0.2, 0.25) is 11.8 Å². The Kier molecular flexibility index (Phi) is 4.46. The van der Waals surface area contributed by atoms with Gasteiger partial charge < -0.3 is 10.1 Å². The van der Waals surface area contributed by atoms with Crippen molar-refractivity contribution in [1.29, 1.82) is 0 Å². The Hall–Kier alpha value is -3.29. The molecule has 122 valence electrons. The molecule has 1 N–H and O–H groups in total. The number of fused-ring (bicyclic) bond motifs is 1. The minimum atomic E-state index is -0.264. The predicted molar refractivity (Wildman–Crippen MR) is 87.0 cm³/mol. The summed E-state index contributed by atoms with van der Waals surface area (Å²) in [6.07, 6.45) is 3.45. The molecule has 0 spiro atoms. The molecule has 8 nitrogen and oxygen atoms in total. The van der Waals surface area contributed by atoms with Crippen molar-refractivity contribution in [3.8, 4) is 5.88 Å². The van der Waals surface area contributed by atoms with Crippen LogP contribution in [0.3, 0.4) is 0 Å². The molecule has 0 aliphatic rings. The van der Waals surface area contributed by atoms with Crippen molar-refractivity contribution in [1.82, 2.24) is 19.6 Å². The Labute approximate surface area is 137 Å². The fourth-order valence-electron chi connectivity index (χ4n) is 2.17. The van der Waals surface area contributed by atoms with E-state index in [1.165, 1.54) is 17.7 Å². The topological polar surface area (TPSA) is 98.5 Å². The lowest BCUT2D eigenvalue weighted by Crippen LogP contribution is -2.23. The van der Waals surface area contributed by atoms with Crippen molar-refractivity contribution in [2.75, 3.05) is 12.4 Å². The van der Waals surface area contributed by atoms with Gasteiger partial charge in [0.05, 0.1) is 19.0 Å². The van der Waals surface area contributed by atoms with E-state index in [-0.39, 0.29) is 30.0 Å². The number of methoxy groups -OCH3 is 1. The van der Waals surface area contributed by atoms with E-state index in [1.807, 2.05) is 0 Å². The molecule has 0 saturated carbocycles. The number of hydrogen-bond donors (Lipinski definition) is 1. The second-order valence-electron chi connectivity index (χ2n) is 5.02. The Balaban J connectivity index is 1.65. The Bertz CT molecular complexity index is 921. The van der Waals surface area contributed by atoms with Crippen molar-refractivity contribution in [2.24, 2.45) is 0 Å². The van der Waals surface area contributed by atoms with Crippen molar-refractivity contribution >= 4 is 17.2 Å². The first kappa shape index (κ1) is 15.6. The fourth-order valence-corrected chi connectivity index (χ4v) is 2.17. The fraction of sp³-hybridized carbons (Fsp3) is 0.188. The molecule has 0 saturated heterocycles. The standard InChI is InChI=1S/C16H15N5O3/c1-24-15-8-5-11(10-17-15)18-14(22)7-6-12-16(23)21-9-3-2-4-13(21)20-19-12/h2-5,8-10H,6-7H2,1H3,(H,18,22). The van der Waals surface area contributed by atoms with E-state index in [0.717, 1.165) is 0 Å². The van der Waals surface area contributed by atoms with Crippen LogP contribution < -0.4 is 15.6 Å². The summed E-state index contributed by atoms with van der Waals surface area (Å²) in [7, 11) is 1.52. The summed E-state index contributed by atoms with van der Waals surface area (Å²) in [6, 6.07) is 8.55. The Morgan fingerprint density at radius 1 is 1.25 bits per heavy atom. The van der Waals surface area contributed by atoms with Crippen LogP contribution in [0.4, 0.5) is 5.69 Å². The summed E-state index contributed by atoms with van der Waals surface area (Å²) in [5.41, 5.74) is 1.02. The number of aromatic nitrogens is 4. The van der Waals surface area contributed by atoms with E-state index >= 15 is 0 Å². The van der Waals surface area contributed by atoms with Crippen LogP contribution in [0.5, 0.6) is 5.88 Å². The third-order valence-electron chi connectivity index (χ3n) is 3.40. The number of amides is 1. The molecule has 8 heteroatoms. The van der Waals surface area contributed by atoms with E-state index in [4.69, 9.17) is 4.74 Å². The molecule has 0 atom stereocenters. The van der Waals surface area contributed by atoms with Crippen LogP contribution in [0.25, 0.3) is 5.65 Å². The summed E-state index contributed by atoms with van der Waals surface area (Å²) in [5, 5.41) is 10.6. The third-order valence-corrected chi connectivity index (χ3v) is 3.40. The number of ether oxygens (including phenoxy) is 1. The molecule has 0 aliphatic heterocycles. The second-order valence-corrected chi connectivity index (χ2v) is 5.02. The summed E-state index contributed by atoms with van der Waals surface area (Å²) < 4.78 is 6.36. The lowest BCUT2D eigenvalue weighted by atomic mass is 10.2. The monoisotopic (exact) mass is 325 g/mol. The van der Waals surface area contributed by atoms with Gasteiger partial charge in [-0.05, 0) is 18.2 Å². The molecule has 0 bridgehead atoms. The highest BCUT2D eigenvalue weighted by Crippen LogP contribution is 2.11. The number of hydrogen-bond acceptors (Lipinski definition) is 6. The zero-order valence-corrected chi connectivity index (χ0v) is 13.0. The molecule has 3 heterocycles. The number of carbonyl (C=O) groups is 1. The van der Waals surface area contributed by atoms with Gasteiger partial charge >= 0.3 is 0 Å². The molecule has 0 radical (unpaired) electrons. The summed E-state index contributed by atoms with van der Waals surface area (Å²) in [6.45, 7) is 0. The lowest BCUT2D eigenvalue weighted by Gasteiger charge is -2.06. The predicted octanol–water partition coefficient (Wildman–Crippen LogP) is 1.06. The first-order valence-corrected chi connectivity index (χ1v) is 7.30. The van der Waals surface area contributed by atoms with Crippen molar-refractivity contribution in [3.63, 3.8) is 0 Å². The zero-order valence-electron chi connectivity index (χ0n) is 13.0. The van der Waals surface area contributed by atoms with E-state index in [1.54, 1.807) is 36.5 Å². The van der Waals surface area contributed by atoms with Gasteiger partial charge in [-0.1, -0.05) is 6.07 Å². The first-order valence-electron chi connectivity index (χ1n) is 7.30. The average molecular weight is 325 g/mol. The van der Waals surface area contributed by atoms with E-state index in [2.05, 4.69) is 20.5 Å². The maximum atomic E-state index is 12.3. The third kappa shape index (κ3) is 3.37. The molecule has 3 aromatic rings. The van der Waals surface area contributed by atoms with Gasteiger partial charge in [0.25, 0.3) is 5.56 Å². The largest absolute Gasteiger partial charge is 0.481 e. The molecule has 0 aromatic carbocycles. The van der Waals surface area contributed by atoms with Gasteiger partial charge in [-0.25, -0.2) is 4.98 Å². The molecule has 0 unspecified atom stereocenters. The summed E-state index contributed by atoms with van der Waals surface area (Å²) in [4.78, 5) is 28.3. The highest BCUT2D eigenvalue weighted by atomic mass is 16.5. The molecule has 3 rings (SSSR count). The van der Waals surface area contributed by atoms with Gasteiger partial charge in [-0.3, -0.25) is 14.0 Å². The summed E-state index contributed by atoms with van der Waals surface area (Å²) >= 11 is 0. The number of nitrogens with zero attached hydrogens (tertiary/aromatic N) is 4. The van der Waals surface area contributed by atoms with E-state index < -0.39 is 0 Å². The van der Waals surface area contributed by atoms with Crippen LogP contribution in [-0.4, -0.2) is 32.6 Å². The minimum absolute atomic E-state index is 0.120. The normalized spacial score (nSPS) is 10.5. The van der Waals surface area contributed by atoms with Crippen LogP contribution in [0.15, 0.2) is 47.5 Å². The van der Waals surface area contributed by atoms with Crippen molar-refractivity contribution < 1.29 is 9.53 Å². The van der Waals surface area contributed by atoms with Gasteiger partial charge in [-0.2, -0.15) is 0 Å². The smallest absolute Gasteiger partial charge is 0.279 e. The van der Waals surface area contributed by atoms with E-state index in [9.17, 15) is 9.59 Å². The molecule has 3 aromatic heterocycles. The number of pyridine rings is 2. The highest BCUT2D eigenvalue weighted by Gasteiger charge is 2.10. The molecule has 0 fully saturated rings. The van der Waals surface area contributed by atoms with Crippen molar-refractivity contribution in [3.05, 3.63) is 58.8 Å². The van der Waals surface area contributed by atoms with Gasteiger partial charge in [0, 0.05) is 25.1 Å². The second kappa shape index (κ2) is 6.86. The zero-order chi connectivity index (χ0) is 16.9. The molecule has 0 aliphatic carbocycles. The minimum Gasteiger partial charge on any atom is -0.481 e. The van der Waals surface area contributed by atoms with Crippen LogP contribution in [0.1, 0.15) is 12.1 Å². The molecular formula is C16H15N5O3. The number of nitrogens with one attached hydrogen (secondary N) is 1. The number of rotatable bonds is 5. The van der Waals surface area contributed by atoms with Gasteiger partial charge in [-0.15, -0.1) is 10.2 Å². The maximum absolute atomic E-state index is 12.3. The Morgan fingerprint density at radius 3 is 2.88 bits per heavy atom. The summed E-state index contributed by atoms with van der Waals surface area (Å²) in [5.74, 6) is 0.230. The first-order chi connectivity index (χ1) is 11.7. The number of aryl methyl sites for hydroxylation is 1. The molecule has 1 amide bonds. The van der Waals surface area contributed by atoms with Crippen molar-refractivity contribution in [2.45, 2.75) is 12.8 Å². The average Bonchev–Trinajstić information content (AvgIpc) is 2.62. The lowest BCUT2D eigenvalue weighted by molar-refractivity contribution is -0.116. The van der Waals surface area contributed by atoms with Crippen LogP contribution in [0, 0.1) is 0 Å². The Morgan fingerprint density at radius 2 is 2.12 bits per heavy atom. The number of anilines is 1. The SMILES string of the molecule is COc1ccc(NC(=O)CCc2nnc3ccccn3c2=O)cn1. The maximum Gasteiger partial charge on any atom is 0.279 e. The van der Waals surface area contributed by atoms with Crippen LogP contribution >= 0.6 is 0 Å². The van der Waals surface area contributed by atoms with E-state index in [0.29, 0.717) is 17.2 Å². The van der Waals surface area contributed by atoms with Crippen LogP contribution in [0.2, 0.25) is 0 Å². The van der Waals surface area contributed by atoms with Gasteiger partial charge in [0.1, 0.15) is 5.69 Å². The molecule has 24 heavy (non-hydrogen) atoms. The molecular weight excluding hydrogens is 310 g/mol. The quantitative estimate of drug-likeness (QED) is 0.753. The van der Waals surface area contributed by atoms with Gasteiger partial charge in [0.15, 0.2) is 5.65 Å². The van der Waals surface area contributed by atoms with Crippen LogP contribution in [-0.2, 0) is 11.2 Å².